The maximum Gasteiger partial charge on any atom is 0.258 e. The number of nitrogens with zero attached hydrogens (tertiary/aromatic N) is 3. The van der Waals surface area contributed by atoms with Crippen LogP contribution in [0.3, 0.4) is 0 Å². The highest BCUT2D eigenvalue weighted by Gasteiger charge is 2.18. The molecule has 1 unspecified atom stereocenters. The van der Waals surface area contributed by atoms with Crippen LogP contribution in [0.2, 0.25) is 0 Å². The van der Waals surface area contributed by atoms with E-state index in [2.05, 4.69) is 20.1 Å². The maximum absolute atomic E-state index is 12.0. The Bertz CT molecular complexity index is 1320. The average Bonchev–Trinajstić information content (AvgIpc) is 3.17. The van der Waals surface area contributed by atoms with Gasteiger partial charge in [-0.25, -0.2) is 13.4 Å². The highest BCUT2D eigenvalue weighted by Crippen LogP contribution is 2.26. The maximum atomic E-state index is 12.0. The van der Waals surface area contributed by atoms with E-state index in [0.29, 0.717) is 28.2 Å². The number of fused-ring (bicyclic) bond motifs is 1. The molecule has 0 radical (unpaired) electrons. The van der Waals surface area contributed by atoms with E-state index < -0.39 is 9.84 Å². The number of rotatable bonds is 4. The topological polar surface area (TPSA) is 119 Å². The second-order valence-corrected chi connectivity index (χ2v) is 8.50. The zero-order valence-corrected chi connectivity index (χ0v) is 15.9. The molecule has 0 saturated heterocycles. The quantitative estimate of drug-likeness (QED) is 0.563. The Kier molecular flexibility index (Phi) is 4.31. The van der Waals surface area contributed by atoms with Crippen molar-refractivity contribution in [3.63, 3.8) is 0 Å². The Balaban J connectivity index is 1.65. The minimum absolute atomic E-state index is 0.222. The molecule has 9 heteroatoms. The molecule has 0 fully saturated rings. The number of nitrogens with one attached hydrogen (secondary N) is 1. The molecule has 4 rings (SSSR count). The van der Waals surface area contributed by atoms with Gasteiger partial charge >= 0.3 is 0 Å². The predicted molar refractivity (Wildman–Crippen MR) is 103 cm³/mol. The largest absolute Gasteiger partial charge is 0.338 e. The number of aromatic nitrogens is 4. The molecule has 2 aromatic heterocycles. The lowest BCUT2D eigenvalue weighted by Gasteiger charge is -2.07. The van der Waals surface area contributed by atoms with Crippen molar-refractivity contribution >= 4 is 20.7 Å². The standard InChI is InChI=1S/C19H16N4O4S/c1-11(12-3-6-14(7-4-12)28(2,25)26)19-22-17(23-27-19)13-5-8-16-15(9-13)18(24)21-10-20-16/h3-11H,1-2H3,(H,20,21,24). The zero-order valence-electron chi connectivity index (χ0n) is 15.1. The summed E-state index contributed by atoms with van der Waals surface area (Å²) in [5, 5.41) is 4.45. The smallest absolute Gasteiger partial charge is 0.258 e. The van der Waals surface area contributed by atoms with Gasteiger partial charge in [0.15, 0.2) is 9.84 Å². The molecular formula is C19H16N4O4S. The zero-order chi connectivity index (χ0) is 19.9. The lowest BCUT2D eigenvalue weighted by molar-refractivity contribution is 0.371. The minimum atomic E-state index is -3.25. The molecule has 28 heavy (non-hydrogen) atoms. The van der Waals surface area contributed by atoms with Gasteiger partial charge in [0.1, 0.15) is 0 Å². The van der Waals surface area contributed by atoms with E-state index in [9.17, 15) is 13.2 Å². The number of aromatic amines is 1. The van der Waals surface area contributed by atoms with Crippen LogP contribution >= 0.6 is 0 Å². The number of hydrogen-bond donors (Lipinski definition) is 1. The summed E-state index contributed by atoms with van der Waals surface area (Å²) >= 11 is 0. The van der Waals surface area contributed by atoms with Gasteiger partial charge in [0.05, 0.1) is 28.0 Å². The first kappa shape index (κ1) is 18.1. The number of H-pyrrole nitrogens is 1. The number of sulfone groups is 1. The van der Waals surface area contributed by atoms with E-state index in [1.807, 2.05) is 6.92 Å². The predicted octanol–water partition coefficient (Wildman–Crippen LogP) is 2.53. The lowest BCUT2D eigenvalue weighted by atomic mass is 10.0. The van der Waals surface area contributed by atoms with Crippen molar-refractivity contribution < 1.29 is 12.9 Å². The summed E-state index contributed by atoms with van der Waals surface area (Å²) in [4.78, 5) is 23.3. The van der Waals surface area contributed by atoms with Crippen molar-refractivity contribution in [1.29, 1.82) is 0 Å². The van der Waals surface area contributed by atoms with Crippen LogP contribution in [0.4, 0.5) is 0 Å². The molecule has 1 atom stereocenters. The molecule has 0 saturated carbocycles. The van der Waals surface area contributed by atoms with Crippen LogP contribution in [-0.4, -0.2) is 34.8 Å². The minimum Gasteiger partial charge on any atom is -0.338 e. The second-order valence-electron chi connectivity index (χ2n) is 6.48. The third-order valence-electron chi connectivity index (χ3n) is 4.52. The van der Waals surface area contributed by atoms with E-state index in [1.165, 1.54) is 12.6 Å². The van der Waals surface area contributed by atoms with Gasteiger partial charge in [-0.15, -0.1) is 0 Å². The summed E-state index contributed by atoms with van der Waals surface area (Å²) in [6.07, 6.45) is 2.52. The van der Waals surface area contributed by atoms with Crippen LogP contribution in [0.1, 0.15) is 24.3 Å². The molecule has 0 bridgehead atoms. The highest BCUT2D eigenvalue weighted by atomic mass is 32.2. The molecule has 4 aromatic rings. The summed E-state index contributed by atoms with van der Waals surface area (Å²) in [6, 6.07) is 11.7. The van der Waals surface area contributed by atoms with Gasteiger partial charge in [-0.1, -0.05) is 17.3 Å². The number of benzene rings is 2. The average molecular weight is 396 g/mol. The normalized spacial score (nSPS) is 12.9. The van der Waals surface area contributed by atoms with Crippen LogP contribution in [0.5, 0.6) is 0 Å². The highest BCUT2D eigenvalue weighted by molar-refractivity contribution is 7.90. The molecule has 0 amide bonds. The third-order valence-corrected chi connectivity index (χ3v) is 5.65. The van der Waals surface area contributed by atoms with Crippen LogP contribution in [0, 0.1) is 0 Å². The first-order valence-electron chi connectivity index (χ1n) is 8.44. The molecule has 2 heterocycles. The van der Waals surface area contributed by atoms with E-state index in [4.69, 9.17) is 4.52 Å². The van der Waals surface area contributed by atoms with Crippen molar-refractivity contribution in [3.05, 3.63) is 70.6 Å². The fourth-order valence-corrected chi connectivity index (χ4v) is 3.51. The van der Waals surface area contributed by atoms with Crippen molar-refractivity contribution in [2.75, 3.05) is 6.26 Å². The number of hydrogen-bond acceptors (Lipinski definition) is 7. The summed E-state index contributed by atoms with van der Waals surface area (Å²) in [5.74, 6) is 0.530. The Morgan fingerprint density at radius 2 is 1.86 bits per heavy atom. The molecule has 0 aliphatic carbocycles. The Morgan fingerprint density at radius 1 is 1.11 bits per heavy atom. The molecule has 8 nitrogen and oxygen atoms in total. The Labute approximate surface area is 160 Å². The molecule has 0 aliphatic rings. The van der Waals surface area contributed by atoms with Gasteiger partial charge < -0.3 is 9.51 Å². The van der Waals surface area contributed by atoms with Gasteiger partial charge in [-0.05, 0) is 42.8 Å². The molecule has 1 N–H and O–H groups in total. The summed E-state index contributed by atoms with van der Waals surface area (Å²) < 4.78 is 28.6. The summed E-state index contributed by atoms with van der Waals surface area (Å²) in [6.45, 7) is 1.89. The summed E-state index contributed by atoms with van der Waals surface area (Å²) in [7, 11) is -3.25. The van der Waals surface area contributed by atoms with Crippen molar-refractivity contribution in [2.24, 2.45) is 0 Å². The fraction of sp³-hybridized carbons (Fsp3) is 0.158. The van der Waals surface area contributed by atoms with Crippen LogP contribution in [0.25, 0.3) is 22.3 Å². The van der Waals surface area contributed by atoms with E-state index in [1.54, 1.807) is 42.5 Å². The summed E-state index contributed by atoms with van der Waals surface area (Å²) in [5.41, 5.74) is 1.83. The second kappa shape index (κ2) is 6.68. The van der Waals surface area contributed by atoms with Gasteiger partial charge in [0, 0.05) is 11.8 Å². The fourth-order valence-electron chi connectivity index (χ4n) is 2.88. The first-order valence-corrected chi connectivity index (χ1v) is 10.3. The van der Waals surface area contributed by atoms with Crippen LogP contribution < -0.4 is 5.56 Å². The van der Waals surface area contributed by atoms with E-state index >= 15 is 0 Å². The molecule has 2 aromatic carbocycles. The Hall–Kier alpha value is -3.33. The Morgan fingerprint density at radius 3 is 2.57 bits per heavy atom. The molecule has 142 valence electrons. The van der Waals surface area contributed by atoms with Gasteiger partial charge in [0.25, 0.3) is 5.56 Å². The van der Waals surface area contributed by atoms with Crippen molar-refractivity contribution in [3.8, 4) is 11.4 Å². The van der Waals surface area contributed by atoms with Gasteiger partial charge in [-0.3, -0.25) is 4.79 Å². The van der Waals surface area contributed by atoms with Crippen molar-refractivity contribution in [2.45, 2.75) is 17.7 Å². The van der Waals surface area contributed by atoms with Crippen molar-refractivity contribution in [1.82, 2.24) is 20.1 Å². The molecule has 0 spiro atoms. The third kappa shape index (κ3) is 3.31. The SMILES string of the molecule is CC(c1ccc(S(C)(=O)=O)cc1)c1nc(-c2ccc3nc[nH]c(=O)c3c2)no1. The van der Waals surface area contributed by atoms with E-state index in [0.717, 1.165) is 5.56 Å². The van der Waals surface area contributed by atoms with Crippen LogP contribution in [0.15, 0.2) is 63.0 Å². The van der Waals surface area contributed by atoms with Gasteiger partial charge in [-0.2, -0.15) is 4.98 Å². The monoisotopic (exact) mass is 396 g/mol. The molecular weight excluding hydrogens is 380 g/mol. The first-order chi connectivity index (χ1) is 13.3. The van der Waals surface area contributed by atoms with E-state index in [-0.39, 0.29) is 16.4 Å². The van der Waals surface area contributed by atoms with Gasteiger partial charge in [0.2, 0.25) is 11.7 Å². The lowest BCUT2D eigenvalue weighted by Crippen LogP contribution is -2.06. The molecule has 0 aliphatic heterocycles. The van der Waals surface area contributed by atoms with Crippen LogP contribution in [-0.2, 0) is 9.84 Å².